The van der Waals surface area contributed by atoms with E-state index in [0.29, 0.717) is 40.9 Å². The number of nitrogens with zero attached hydrogens (tertiary/aromatic N) is 4. The van der Waals surface area contributed by atoms with E-state index in [2.05, 4.69) is 32.9 Å². The van der Waals surface area contributed by atoms with Crippen molar-refractivity contribution in [2.24, 2.45) is 0 Å². The third-order valence-corrected chi connectivity index (χ3v) is 9.12. The lowest BCUT2D eigenvalue weighted by Crippen LogP contribution is -2.50. The van der Waals surface area contributed by atoms with Gasteiger partial charge in [0, 0.05) is 60.5 Å². The zero-order valence-corrected chi connectivity index (χ0v) is 23.2. The Kier molecular flexibility index (Phi) is 6.52. The first-order chi connectivity index (χ1) is 20.0. The maximum atomic E-state index is 16.7. The molecule has 210 valence electrons. The summed E-state index contributed by atoms with van der Waals surface area (Å²) >= 11 is 0. The monoisotopic (exact) mass is 553 g/mol. The number of piperazine rings is 1. The van der Waals surface area contributed by atoms with Crippen LogP contribution in [0, 0.1) is 18.2 Å². The summed E-state index contributed by atoms with van der Waals surface area (Å²) in [6.45, 7) is 6.04. The lowest BCUT2D eigenvalue weighted by atomic mass is 9.93. The highest BCUT2D eigenvalue weighted by molar-refractivity contribution is 6.03. The third-order valence-electron chi connectivity index (χ3n) is 9.12. The van der Waals surface area contributed by atoms with Gasteiger partial charge in [-0.05, 0) is 49.4 Å². The van der Waals surface area contributed by atoms with E-state index in [0.717, 1.165) is 49.8 Å². The molecule has 7 rings (SSSR count). The number of alkyl halides is 1. The Labute approximate surface area is 238 Å². The molecule has 3 fully saturated rings. The molecule has 0 amide bonds. The molecule has 3 atom stereocenters. The van der Waals surface area contributed by atoms with Gasteiger partial charge in [-0.1, -0.05) is 42.3 Å². The Morgan fingerprint density at radius 2 is 1.98 bits per heavy atom. The van der Waals surface area contributed by atoms with Crippen molar-refractivity contribution >= 4 is 27.5 Å². The number of ether oxygens (including phenoxy) is 1. The molecule has 1 N–H and O–H groups in total. The Hall–Kier alpha value is -3.80. The Morgan fingerprint density at radius 1 is 1.12 bits per heavy atom. The van der Waals surface area contributed by atoms with E-state index in [-0.39, 0.29) is 29.7 Å². The zero-order chi connectivity index (χ0) is 28.1. The van der Waals surface area contributed by atoms with Crippen molar-refractivity contribution in [3.05, 3.63) is 59.9 Å². The fraction of sp³-hybridized carbons (Fsp3) is 0.394. The number of rotatable bonds is 5. The fourth-order valence-corrected chi connectivity index (χ4v) is 7.11. The number of halogens is 2. The van der Waals surface area contributed by atoms with Crippen LogP contribution < -0.4 is 15.0 Å². The lowest BCUT2D eigenvalue weighted by Gasteiger charge is -2.36. The number of benzene rings is 3. The number of fused-ring (bicyclic) bond motifs is 3. The van der Waals surface area contributed by atoms with E-state index >= 15 is 4.39 Å². The van der Waals surface area contributed by atoms with Crippen molar-refractivity contribution in [2.45, 2.75) is 43.9 Å². The molecule has 4 heterocycles. The number of hydrogen-bond acceptors (Lipinski definition) is 6. The SMILES string of the molecule is C#Cc1cccc2cccc(-c3ccc4c(N5CCNC[C@@H]5C)nc(OC[C@@]56CCCN5CC(F)C6)nc4c3F)c12. The highest BCUT2D eigenvalue weighted by atomic mass is 19.1. The van der Waals surface area contributed by atoms with Crippen LogP contribution in [0.4, 0.5) is 14.6 Å². The van der Waals surface area contributed by atoms with Crippen molar-refractivity contribution in [3.63, 3.8) is 0 Å². The minimum Gasteiger partial charge on any atom is -0.461 e. The smallest absolute Gasteiger partial charge is 0.319 e. The zero-order valence-electron chi connectivity index (χ0n) is 23.2. The molecular weight excluding hydrogens is 520 g/mol. The largest absolute Gasteiger partial charge is 0.461 e. The van der Waals surface area contributed by atoms with E-state index in [4.69, 9.17) is 16.1 Å². The van der Waals surface area contributed by atoms with Gasteiger partial charge in [0.2, 0.25) is 0 Å². The molecule has 3 aromatic carbocycles. The van der Waals surface area contributed by atoms with Crippen molar-refractivity contribution < 1.29 is 13.5 Å². The Balaban J connectivity index is 1.36. The van der Waals surface area contributed by atoms with E-state index in [1.807, 2.05) is 42.5 Å². The molecule has 0 spiro atoms. The predicted molar refractivity (Wildman–Crippen MR) is 159 cm³/mol. The van der Waals surface area contributed by atoms with Gasteiger partial charge < -0.3 is 15.0 Å². The molecule has 0 saturated carbocycles. The second kappa shape index (κ2) is 10.2. The van der Waals surface area contributed by atoms with E-state index < -0.39 is 12.0 Å². The molecule has 0 aliphatic carbocycles. The summed E-state index contributed by atoms with van der Waals surface area (Å²) in [5, 5.41) is 5.82. The molecule has 4 aromatic rings. The van der Waals surface area contributed by atoms with E-state index in [9.17, 15) is 4.39 Å². The molecule has 0 radical (unpaired) electrons. The van der Waals surface area contributed by atoms with Gasteiger partial charge in [-0.2, -0.15) is 9.97 Å². The van der Waals surface area contributed by atoms with Crippen LogP contribution in [0.25, 0.3) is 32.8 Å². The fourth-order valence-electron chi connectivity index (χ4n) is 7.11. The van der Waals surface area contributed by atoms with Crippen LogP contribution in [0.1, 0.15) is 31.7 Å². The van der Waals surface area contributed by atoms with Crippen LogP contribution in [0.15, 0.2) is 48.5 Å². The summed E-state index contributed by atoms with van der Waals surface area (Å²) in [6.07, 6.45) is 7.31. The topological polar surface area (TPSA) is 53.5 Å². The van der Waals surface area contributed by atoms with Crippen LogP contribution in [-0.4, -0.2) is 72.0 Å². The van der Waals surface area contributed by atoms with Gasteiger partial charge in [0.25, 0.3) is 0 Å². The second-order valence-electron chi connectivity index (χ2n) is 11.6. The second-order valence-corrected chi connectivity index (χ2v) is 11.6. The standard InChI is InChI=1S/C33H33F2N5O/c1-3-22-7-4-8-23-9-5-10-25(28(22)23)26-11-12-27-30(29(26)35)37-32(38-31(27)40-16-14-36-18-21(40)2)41-20-33-13-6-15-39(33)19-24(34)17-33/h1,4-5,7-12,21,24,36H,6,13-20H2,2H3/t21-,24?,33-/m0/s1. The summed E-state index contributed by atoms with van der Waals surface area (Å²) < 4.78 is 37.3. The van der Waals surface area contributed by atoms with Gasteiger partial charge in [-0.15, -0.1) is 6.42 Å². The molecule has 41 heavy (non-hydrogen) atoms. The highest BCUT2D eigenvalue weighted by Gasteiger charge is 2.49. The van der Waals surface area contributed by atoms with E-state index in [1.54, 1.807) is 6.07 Å². The minimum absolute atomic E-state index is 0.125. The molecule has 3 aliphatic rings. The summed E-state index contributed by atoms with van der Waals surface area (Å²) in [4.78, 5) is 13.9. The molecular formula is C33H33F2N5O. The summed E-state index contributed by atoms with van der Waals surface area (Å²) in [6, 6.07) is 15.5. The maximum absolute atomic E-state index is 16.7. The first kappa shape index (κ1) is 26.1. The molecule has 1 aromatic heterocycles. The molecule has 8 heteroatoms. The summed E-state index contributed by atoms with van der Waals surface area (Å²) in [7, 11) is 0. The Bertz CT molecular complexity index is 1680. The van der Waals surface area contributed by atoms with Gasteiger partial charge in [0.15, 0.2) is 5.82 Å². The normalized spacial score (nSPS) is 24.6. The van der Waals surface area contributed by atoms with Gasteiger partial charge in [-0.25, -0.2) is 8.78 Å². The summed E-state index contributed by atoms with van der Waals surface area (Å²) in [5.41, 5.74) is 1.71. The summed E-state index contributed by atoms with van der Waals surface area (Å²) in [5.74, 6) is 2.97. The number of hydrogen-bond donors (Lipinski definition) is 1. The molecule has 6 nitrogen and oxygen atoms in total. The predicted octanol–water partition coefficient (Wildman–Crippen LogP) is 5.32. The molecule has 1 unspecified atom stereocenters. The van der Waals surface area contributed by atoms with Crippen molar-refractivity contribution in [1.82, 2.24) is 20.2 Å². The first-order valence-electron chi connectivity index (χ1n) is 14.5. The van der Waals surface area contributed by atoms with Gasteiger partial charge >= 0.3 is 6.01 Å². The first-order valence-corrected chi connectivity index (χ1v) is 14.5. The van der Waals surface area contributed by atoms with Gasteiger partial charge in [0.05, 0.1) is 5.54 Å². The van der Waals surface area contributed by atoms with Crippen LogP contribution in [0.5, 0.6) is 6.01 Å². The van der Waals surface area contributed by atoms with Crippen molar-refractivity contribution in [1.29, 1.82) is 0 Å². The van der Waals surface area contributed by atoms with Crippen molar-refractivity contribution in [2.75, 3.05) is 44.2 Å². The van der Waals surface area contributed by atoms with Crippen LogP contribution in [0.3, 0.4) is 0 Å². The molecule has 3 saturated heterocycles. The third kappa shape index (κ3) is 4.39. The van der Waals surface area contributed by atoms with Crippen molar-refractivity contribution in [3.8, 4) is 29.5 Å². The number of terminal acetylenes is 1. The van der Waals surface area contributed by atoms with Gasteiger partial charge in [-0.3, -0.25) is 4.90 Å². The highest BCUT2D eigenvalue weighted by Crippen LogP contribution is 2.41. The quantitative estimate of drug-likeness (QED) is 0.338. The number of anilines is 1. The molecule has 0 bridgehead atoms. The maximum Gasteiger partial charge on any atom is 0.319 e. The number of aromatic nitrogens is 2. The van der Waals surface area contributed by atoms with E-state index in [1.165, 1.54) is 0 Å². The van der Waals surface area contributed by atoms with Crippen LogP contribution in [-0.2, 0) is 0 Å². The lowest BCUT2D eigenvalue weighted by molar-refractivity contribution is 0.107. The van der Waals surface area contributed by atoms with Crippen LogP contribution >= 0.6 is 0 Å². The average molecular weight is 554 g/mol. The van der Waals surface area contributed by atoms with Gasteiger partial charge in [0.1, 0.15) is 24.1 Å². The number of nitrogens with one attached hydrogen (secondary N) is 1. The molecule has 3 aliphatic heterocycles. The minimum atomic E-state index is -0.859. The van der Waals surface area contributed by atoms with Crippen LogP contribution in [0.2, 0.25) is 0 Å². The Morgan fingerprint density at radius 3 is 2.80 bits per heavy atom. The average Bonchev–Trinajstić information content (AvgIpc) is 3.51.